The minimum absolute atomic E-state index is 0.130. The van der Waals surface area contributed by atoms with Crippen LogP contribution >= 0.6 is 0 Å². The number of benzene rings is 1. The Bertz CT molecular complexity index is 914. The molecule has 1 saturated heterocycles. The minimum Gasteiger partial charge on any atom is -0.342 e. The number of aromatic nitrogens is 4. The van der Waals surface area contributed by atoms with Crippen molar-refractivity contribution in [1.29, 1.82) is 0 Å². The van der Waals surface area contributed by atoms with Crippen LogP contribution < -0.4 is 10.5 Å². The molecule has 0 amide bonds. The van der Waals surface area contributed by atoms with Gasteiger partial charge in [-0.05, 0) is 37.8 Å². The first-order valence-electron chi connectivity index (χ1n) is 7.95. The van der Waals surface area contributed by atoms with Crippen LogP contribution in [0.15, 0.2) is 29.2 Å². The predicted molar refractivity (Wildman–Crippen MR) is 90.4 cm³/mol. The first kappa shape index (κ1) is 14.0. The van der Waals surface area contributed by atoms with Crippen molar-refractivity contribution in [2.45, 2.75) is 26.7 Å². The fraction of sp³-hybridized carbons (Fsp3) is 0.353. The van der Waals surface area contributed by atoms with Crippen molar-refractivity contribution in [3.05, 3.63) is 45.9 Å². The van der Waals surface area contributed by atoms with Crippen molar-refractivity contribution in [3.63, 3.8) is 0 Å². The molecule has 23 heavy (non-hydrogen) atoms. The molecule has 1 aliphatic rings. The number of rotatable bonds is 2. The van der Waals surface area contributed by atoms with E-state index >= 15 is 0 Å². The van der Waals surface area contributed by atoms with Gasteiger partial charge in [-0.2, -0.15) is 4.98 Å². The van der Waals surface area contributed by atoms with Crippen LogP contribution in [-0.2, 0) is 0 Å². The highest BCUT2D eigenvalue weighted by Crippen LogP contribution is 2.21. The fourth-order valence-corrected chi connectivity index (χ4v) is 3.26. The lowest BCUT2D eigenvalue weighted by atomic mass is 10.1. The van der Waals surface area contributed by atoms with Gasteiger partial charge in [0.05, 0.1) is 5.69 Å². The standard InChI is InChI=1S/C17H19N5O/c1-11-6-5-7-12(2)14(11)22-10-13-15(20-22)18-17(19-16(13)23)21-8-3-4-9-21/h5-7,10H,3-4,8-9H2,1-2H3,(H,18,19,20,23). The zero-order valence-electron chi connectivity index (χ0n) is 13.3. The van der Waals surface area contributed by atoms with Crippen molar-refractivity contribution in [2.24, 2.45) is 0 Å². The van der Waals surface area contributed by atoms with Crippen LogP contribution in [0.2, 0.25) is 0 Å². The fourth-order valence-electron chi connectivity index (χ4n) is 3.26. The van der Waals surface area contributed by atoms with E-state index in [-0.39, 0.29) is 5.56 Å². The summed E-state index contributed by atoms with van der Waals surface area (Å²) in [5, 5.41) is 5.08. The van der Waals surface area contributed by atoms with Crippen LogP contribution in [0.25, 0.3) is 16.7 Å². The van der Waals surface area contributed by atoms with Crippen LogP contribution in [0.5, 0.6) is 0 Å². The molecule has 0 aliphatic carbocycles. The van der Waals surface area contributed by atoms with Crippen molar-refractivity contribution < 1.29 is 0 Å². The largest absolute Gasteiger partial charge is 0.342 e. The van der Waals surface area contributed by atoms with E-state index in [0.717, 1.165) is 42.7 Å². The van der Waals surface area contributed by atoms with E-state index in [9.17, 15) is 4.79 Å². The highest BCUT2D eigenvalue weighted by atomic mass is 16.1. The van der Waals surface area contributed by atoms with Gasteiger partial charge in [-0.3, -0.25) is 9.78 Å². The number of hydrogen-bond donors (Lipinski definition) is 1. The molecule has 6 heteroatoms. The van der Waals surface area contributed by atoms with Gasteiger partial charge in [0.2, 0.25) is 5.95 Å². The number of para-hydroxylation sites is 1. The van der Waals surface area contributed by atoms with Gasteiger partial charge in [0.25, 0.3) is 5.56 Å². The van der Waals surface area contributed by atoms with Crippen LogP contribution in [-0.4, -0.2) is 32.8 Å². The Morgan fingerprint density at radius 2 is 1.83 bits per heavy atom. The predicted octanol–water partition coefficient (Wildman–Crippen LogP) is 2.33. The SMILES string of the molecule is Cc1cccc(C)c1-n1cc2c(=O)[nH]c(N3CCCC3)nc2n1. The minimum atomic E-state index is -0.130. The summed E-state index contributed by atoms with van der Waals surface area (Å²) >= 11 is 0. The van der Waals surface area contributed by atoms with Crippen LogP contribution in [0.3, 0.4) is 0 Å². The molecule has 0 saturated carbocycles. The number of nitrogens with one attached hydrogen (secondary N) is 1. The molecule has 4 rings (SSSR count). The van der Waals surface area contributed by atoms with Crippen molar-refractivity contribution >= 4 is 17.0 Å². The summed E-state index contributed by atoms with van der Waals surface area (Å²) in [5.41, 5.74) is 3.61. The molecule has 1 aromatic carbocycles. The van der Waals surface area contributed by atoms with E-state index in [2.05, 4.69) is 20.0 Å². The molecule has 0 spiro atoms. The molecule has 3 heterocycles. The lowest BCUT2D eigenvalue weighted by Gasteiger charge is -2.14. The molecule has 118 valence electrons. The Balaban J connectivity index is 1.88. The number of hydrogen-bond acceptors (Lipinski definition) is 4. The third-order valence-corrected chi connectivity index (χ3v) is 4.45. The van der Waals surface area contributed by atoms with Gasteiger partial charge in [0.15, 0.2) is 5.65 Å². The maximum absolute atomic E-state index is 12.4. The number of H-pyrrole nitrogens is 1. The molecule has 1 N–H and O–H groups in total. The lowest BCUT2D eigenvalue weighted by Crippen LogP contribution is -2.23. The highest BCUT2D eigenvalue weighted by molar-refractivity contribution is 5.75. The van der Waals surface area contributed by atoms with Gasteiger partial charge in [0.1, 0.15) is 5.39 Å². The molecule has 1 aliphatic heterocycles. The summed E-state index contributed by atoms with van der Waals surface area (Å²) in [4.78, 5) is 22.0. The first-order valence-corrected chi connectivity index (χ1v) is 7.95. The average molecular weight is 309 g/mol. The Kier molecular flexibility index (Phi) is 3.18. The van der Waals surface area contributed by atoms with E-state index in [1.807, 2.05) is 32.0 Å². The molecule has 6 nitrogen and oxygen atoms in total. The molecule has 0 bridgehead atoms. The van der Waals surface area contributed by atoms with Crippen LogP contribution in [0.1, 0.15) is 24.0 Å². The summed E-state index contributed by atoms with van der Waals surface area (Å²) in [6, 6.07) is 6.11. The second kappa shape index (κ2) is 5.22. The summed E-state index contributed by atoms with van der Waals surface area (Å²) in [7, 11) is 0. The molecule has 3 aromatic rings. The number of fused-ring (bicyclic) bond motifs is 1. The number of aryl methyl sites for hydroxylation is 2. The molecular formula is C17H19N5O. The maximum Gasteiger partial charge on any atom is 0.263 e. The van der Waals surface area contributed by atoms with E-state index in [4.69, 9.17) is 0 Å². The van der Waals surface area contributed by atoms with Gasteiger partial charge < -0.3 is 4.90 Å². The molecule has 1 fully saturated rings. The zero-order chi connectivity index (χ0) is 16.0. The third kappa shape index (κ3) is 2.30. The second-order valence-electron chi connectivity index (χ2n) is 6.14. The van der Waals surface area contributed by atoms with E-state index in [0.29, 0.717) is 17.0 Å². The quantitative estimate of drug-likeness (QED) is 0.789. The summed E-state index contributed by atoms with van der Waals surface area (Å²) in [5.74, 6) is 0.631. The first-order chi connectivity index (χ1) is 11.1. The third-order valence-electron chi connectivity index (χ3n) is 4.45. The van der Waals surface area contributed by atoms with Gasteiger partial charge in [0, 0.05) is 19.3 Å². The van der Waals surface area contributed by atoms with Crippen LogP contribution in [0, 0.1) is 13.8 Å². The molecule has 0 atom stereocenters. The number of anilines is 1. The van der Waals surface area contributed by atoms with Crippen molar-refractivity contribution in [2.75, 3.05) is 18.0 Å². The van der Waals surface area contributed by atoms with Crippen molar-refractivity contribution in [1.82, 2.24) is 19.7 Å². The van der Waals surface area contributed by atoms with Gasteiger partial charge in [-0.1, -0.05) is 18.2 Å². The molecule has 0 radical (unpaired) electrons. The Morgan fingerprint density at radius 1 is 1.13 bits per heavy atom. The normalized spacial score (nSPS) is 14.8. The van der Waals surface area contributed by atoms with Gasteiger partial charge >= 0.3 is 0 Å². The van der Waals surface area contributed by atoms with Gasteiger partial charge in [-0.25, -0.2) is 4.68 Å². The monoisotopic (exact) mass is 309 g/mol. The van der Waals surface area contributed by atoms with E-state index in [1.165, 1.54) is 0 Å². The number of nitrogens with zero attached hydrogens (tertiary/aromatic N) is 4. The zero-order valence-corrected chi connectivity index (χ0v) is 13.3. The Morgan fingerprint density at radius 3 is 2.52 bits per heavy atom. The van der Waals surface area contributed by atoms with Crippen molar-refractivity contribution in [3.8, 4) is 5.69 Å². The smallest absolute Gasteiger partial charge is 0.263 e. The second-order valence-corrected chi connectivity index (χ2v) is 6.14. The summed E-state index contributed by atoms with van der Waals surface area (Å²) in [6.45, 7) is 5.96. The average Bonchev–Trinajstić information content (AvgIpc) is 3.16. The van der Waals surface area contributed by atoms with E-state index < -0.39 is 0 Å². The van der Waals surface area contributed by atoms with Crippen LogP contribution in [0.4, 0.5) is 5.95 Å². The maximum atomic E-state index is 12.4. The molecular weight excluding hydrogens is 290 g/mol. The molecule has 2 aromatic heterocycles. The number of aromatic amines is 1. The van der Waals surface area contributed by atoms with E-state index in [1.54, 1.807) is 10.9 Å². The highest BCUT2D eigenvalue weighted by Gasteiger charge is 2.18. The summed E-state index contributed by atoms with van der Waals surface area (Å²) in [6.07, 6.45) is 4.04. The Labute approximate surface area is 133 Å². The lowest BCUT2D eigenvalue weighted by molar-refractivity contribution is 0.865. The summed E-state index contributed by atoms with van der Waals surface area (Å²) < 4.78 is 1.77. The topological polar surface area (TPSA) is 66.8 Å². The Hall–Kier alpha value is -2.63. The molecule has 0 unspecified atom stereocenters. The van der Waals surface area contributed by atoms with Gasteiger partial charge in [-0.15, -0.1) is 5.10 Å².